The van der Waals surface area contributed by atoms with E-state index in [9.17, 15) is 4.39 Å². The van der Waals surface area contributed by atoms with Crippen molar-refractivity contribution in [2.24, 2.45) is 11.5 Å². The minimum Gasteiger partial charge on any atom is -0.395 e. The number of nitrogen functional groups attached to an aromatic ring is 1. The van der Waals surface area contributed by atoms with E-state index in [1.54, 1.807) is 0 Å². The van der Waals surface area contributed by atoms with Crippen LogP contribution in [0.5, 0.6) is 0 Å². The van der Waals surface area contributed by atoms with Crippen molar-refractivity contribution in [3.8, 4) is 0 Å². The van der Waals surface area contributed by atoms with E-state index < -0.39 is 5.95 Å². The summed E-state index contributed by atoms with van der Waals surface area (Å²) in [5.41, 5.74) is 16.8. The Labute approximate surface area is 69.6 Å². The summed E-state index contributed by atoms with van der Waals surface area (Å²) in [5.74, 6) is -0.678. The molecule has 0 aliphatic carbocycles. The molecule has 66 valence electrons. The molecule has 0 aromatic carbocycles. The SMILES string of the molecule is NCC(N)c1cnc(F)c(N)c1. The van der Waals surface area contributed by atoms with Crippen LogP contribution in [0, 0.1) is 5.95 Å². The summed E-state index contributed by atoms with van der Waals surface area (Å²) >= 11 is 0. The van der Waals surface area contributed by atoms with Crippen LogP contribution in [0.3, 0.4) is 0 Å². The highest BCUT2D eigenvalue weighted by molar-refractivity contribution is 5.39. The zero-order valence-corrected chi connectivity index (χ0v) is 6.50. The molecule has 0 spiro atoms. The standard InChI is InChI=1S/C7H11FN4/c8-7-5(10)1-4(3-12-7)6(11)2-9/h1,3,6H,2,9-11H2. The van der Waals surface area contributed by atoms with Crippen molar-refractivity contribution in [3.05, 3.63) is 23.8 Å². The van der Waals surface area contributed by atoms with Gasteiger partial charge in [0.2, 0.25) is 5.95 Å². The normalized spacial score (nSPS) is 12.9. The third-order valence-electron chi connectivity index (χ3n) is 1.57. The summed E-state index contributed by atoms with van der Waals surface area (Å²) in [6.45, 7) is 0.284. The molecule has 0 saturated heterocycles. The van der Waals surface area contributed by atoms with Gasteiger partial charge in [0.15, 0.2) is 0 Å². The van der Waals surface area contributed by atoms with Gasteiger partial charge in [-0.15, -0.1) is 0 Å². The predicted octanol–water partition coefficient (Wildman–Crippen LogP) is -0.239. The highest BCUT2D eigenvalue weighted by atomic mass is 19.1. The lowest BCUT2D eigenvalue weighted by Crippen LogP contribution is -2.21. The van der Waals surface area contributed by atoms with Crippen molar-refractivity contribution in [2.75, 3.05) is 12.3 Å². The maximum Gasteiger partial charge on any atom is 0.236 e. The van der Waals surface area contributed by atoms with Crippen LogP contribution in [0.15, 0.2) is 12.3 Å². The summed E-state index contributed by atoms with van der Waals surface area (Å²) in [7, 11) is 0. The third-order valence-corrected chi connectivity index (χ3v) is 1.57. The van der Waals surface area contributed by atoms with Crippen molar-refractivity contribution in [1.82, 2.24) is 4.98 Å². The number of anilines is 1. The number of aromatic nitrogens is 1. The van der Waals surface area contributed by atoms with E-state index in [4.69, 9.17) is 17.2 Å². The Morgan fingerprint density at radius 1 is 1.58 bits per heavy atom. The first-order valence-electron chi connectivity index (χ1n) is 3.51. The molecular formula is C7H11FN4. The van der Waals surface area contributed by atoms with E-state index in [0.717, 1.165) is 0 Å². The Hall–Kier alpha value is -1.20. The smallest absolute Gasteiger partial charge is 0.236 e. The van der Waals surface area contributed by atoms with Crippen molar-refractivity contribution in [2.45, 2.75) is 6.04 Å². The predicted molar refractivity (Wildman–Crippen MR) is 44.6 cm³/mol. The zero-order valence-electron chi connectivity index (χ0n) is 6.50. The topological polar surface area (TPSA) is 91.0 Å². The molecule has 0 fully saturated rings. The zero-order chi connectivity index (χ0) is 9.14. The quantitative estimate of drug-likeness (QED) is 0.534. The fourth-order valence-electron chi connectivity index (χ4n) is 0.821. The fraction of sp³-hybridized carbons (Fsp3) is 0.286. The highest BCUT2D eigenvalue weighted by Crippen LogP contribution is 2.13. The number of hydrogen-bond donors (Lipinski definition) is 3. The van der Waals surface area contributed by atoms with Gasteiger partial charge in [0.05, 0.1) is 5.69 Å². The van der Waals surface area contributed by atoms with Crippen molar-refractivity contribution in [3.63, 3.8) is 0 Å². The molecule has 0 radical (unpaired) electrons. The van der Waals surface area contributed by atoms with Gasteiger partial charge in [0, 0.05) is 18.8 Å². The number of nitrogens with two attached hydrogens (primary N) is 3. The first kappa shape index (κ1) is 8.89. The van der Waals surface area contributed by atoms with Gasteiger partial charge < -0.3 is 17.2 Å². The van der Waals surface area contributed by atoms with Gasteiger partial charge in [-0.1, -0.05) is 0 Å². The van der Waals surface area contributed by atoms with Crippen LogP contribution < -0.4 is 17.2 Å². The Morgan fingerprint density at radius 3 is 2.75 bits per heavy atom. The van der Waals surface area contributed by atoms with E-state index in [1.165, 1.54) is 12.3 Å². The van der Waals surface area contributed by atoms with Gasteiger partial charge in [0.25, 0.3) is 0 Å². The Balaban J connectivity index is 2.96. The lowest BCUT2D eigenvalue weighted by molar-refractivity contribution is 0.585. The molecule has 0 saturated carbocycles. The third kappa shape index (κ3) is 1.69. The highest BCUT2D eigenvalue weighted by Gasteiger charge is 2.06. The van der Waals surface area contributed by atoms with Gasteiger partial charge in [-0.2, -0.15) is 4.39 Å². The monoisotopic (exact) mass is 170 g/mol. The van der Waals surface area contributed by atoms with Gasteiger partial charge in [-0.05, 0) is 11.6 Å². The first-order chi connectivity index (χ1) is 5.65. The lowest BCUT2D eigenvalue weighted by Gasteiger charge is -2.08. The number of halogens is 1. The van der Waals surface area contributed by atoms with Gasteiger partial charge in [0.1, 0.15) is 0 Å². The van der Waals surface area contributed by atoms with Gasteiger partial charge >= 0.3 is 0 Å². The van der Waals surface area contributed by atoms with Crippen LogP contribution in [-0.4, -0.2) is 11.5 Å². The second kappa shape index (κ2) is 3.46. The second-order valence-corrected chi connectivity index (χ2v) is 2.49. The van der Waals surface area contributed by atoms with Crippen LogP contribution in [0.1, 0.15) is 11.6 Å². The van der Waals surface area contributed by atoms with Crippen molar-refractivity contribution >= 4 is 5.69 Å². The molecule has 1 rings (SSSR count). The Bertz CT molecular complexity index is 276. The molecular weight excluding hydrogens is 159 g/mol. The minimum absolute atomic E-state index is 0.00333. The van der Waals surface area contributed by atoms with E-state index in [1.807, 2.05) is 0 Å². The van der Waals surface area contributed by atoms with Crippen LogP contribution >= 0.6 is 0 Å². The molecule has 5 heteroatoms. The van der Waals surface area contributed by atoms with Crippen molar-refractivity contribution < 1.29 is 4.39 Å². The molecule has 4 nitrogen and oxygen atoms in total. The molecule has 0 aliphatic heterocycles. The molecule has 6 N–H and O–H groups in total. The summed E-state index contributed by atoms with van der Waals surface area (Å²) in [5, 5.41) is 0. The summed E-state index contributed by atoms with van der Waals surface area (Å²) in [6.07, 6.45) is 1.34. The molecule has 0 bridgehead atoms. The molecule has 1 aromatic heterocycles. The number of rotatable bonds is 2. The van der Waals surface area contributed by atoms with Crippen LogP contribution in [0.4, 0.5) is 10.1 Å². The van der Waals surface area contributed by atoms with Gasteiger partial charge in [-0.3, -0.25) is 0 Å². The fourth-order valence-corrected chi connectivity index (χ4v) is 0.821. The molecule has 1 heterocycles. The number of nitrogens with zero attached hydrogens (tertiary/aromatic N) is 1. The second-order valence-electron chi connectivity index (χ2n) is 2.49. The largest absolute Gasteiger partial charge is 0.395 e. The minimum atomic E-state index is -0.678. The Kier molecular flexibility index (Phi) is 2.57. The average Bonchev–Trinajstić information content (AvgIpc) is 2.08. The molecule has 0 amide bonds. The summed E-state index contributed by atoms with van der Waals surface area (Å²) in [6, 6.07) is 1.11. The number of pyridine rings is 1. The molecule has 0 aliphatic rings. The van der Waals surface area contributed by atoms with Crippen molar-refractivity contribution in [1.29, 1.82) is 0 Å². The maximum absolute atomic E-state index is 12.6. The average molecular weight is 170 g/mol. The number of hydrogen-bond acceptors (Lipinski definition) is 4. The van der Waals surface area contributed by atoms with Crippen LogP contribution in [-0.2, 0) is 0 Å². The van der Waals surface area contributed by atoms with E-state index >= 15 is 0 Å². The van der Waals surface area contributed by atoms with E-state index in [-0.39, 0.29) is 18.3 Å². The summed E-state index contributed by atoms with van der Waals surface area (Å²) < 4.78 is 12.6. The lowest BCUT2D eigenvalue weighted by atomic mass is 10.1. The van der Waals surface area contributed by atoms with E-state index in [0.29, 0.717) is 5.56 Å². The summed E-state index contributed by atoms with van der Waals surface area (Å²) in [4.78, 5) is 3.42. The Morgan fingerprint density at radius 2 is 2.25 bits per heavy atom. The van der Waals surface area contributed by atoms with E-state index in [2.05, 4.69) is 4.98 Å². The first-order valence-corrected chi connectivity index (χ1v) is 3.51. The van der Waals surface area contributed by atoms with Gasteiger partial charge in [-0.25, -0.2) is 4.98 Å². The molecule has 1 atom stereocenters. The van der Waals surface area contributed by atoms with Crippen LogP contribution in [0.2, 0.25) is 0 Å². The molecule has 12 heavy (non-hydrogen) atoms. The molecule has 1 aromatic rings. The molecule has 1 unspecified atom stereocenters. The maximum atomic E-state index is 12.6. The van der Waals surface area contributed by atoms with Crippen LogP contribution in [0.25, 0.3) is 0 Å².